The van der Waals surface area contributed by atoms with Crippen LogP contribution in [-0.4, -0.2) is 58.5 Å². The lowest BCUT2D eigenvalue weighted by atomic mass is 10.1. The molecule has 9 nitrogen and oxygen atoms in total. The van der Waals surface area contributed by atoms with Gasteiger partial charge in [-0.3, -0.25) is 13.9 Å². The molecule has 0 aliphatic carbocycles. The fraction of sp³-hybridized carbons (Fsp3) is 0.355. The molecule has 0 heterocycles. The van der Waals surface area contributed by atoms with Crippen molar-refractivity contribution in [2.75, 3.05) is 31.6 Å². The van der Waals surface area contributed by atoms with Crippen molar-refractivity contribution in [3.8, 4) is 11.5 Å². The fourth-order valence-corrected chi connectivity index (χ4v) is 5.96. The van der Waals surface area contributed by atoms with Gasteiger partial charge in [-0.1, -0.05) is 60.8 Å². The second-order valence-electron chi connectivity index (χ2n) is 10.4. The maximum Gasteiger partial charge on any atom is 0.264 e. The number of rotatable bonds is 13. The lowest BCUT2D eigenvalue weighted by Crippen LogP contribution is -2.51. The molecule has 3 aromatic rings. The van der Waals surface area contributed by atoms with E-state index in [1.165, 1.54) is 37.3 Å². The minimum Gasteiger partial charge on any atom is -0.493 e. The van der Waals surface area contributed by atoms with Gasteiger partial charge in [-0.05, 0) is 61.7 Å². The Balaban J connectivity index is 2.06. The molecule has 0 fully saturated rings. The van der Waals surface area contributed by atoms with Crippen LogP contribution < -0.4 is 19.1 Å². The predicted octanol–water partition coefficient (Wildman–Crippen LogP) is 5.70. The Morgan fingerprint density at radius 1 is 0.884 bits per heavy atom. The summed E-state index contributed by atoms with van der Waals surface area (Å²) in [5.74, 6) is -0.197. The van der Waals surface area contributed by atoms with Gasteiger partial charge in [-0.2, -0.15) is 0 Å². The van der Waals surface area contributed by atoms with Gasteiger partial charge in [0.25, 0.3) is 10.0 Å². The first-order chi connectivity index (χ1) is 20.3. The van der Waals surface area contributed by atoms with Gasteiger partial charge in [-0.15, -0.1) is 0 Å². The predicted molar refractivity (Wildman–Crippen MR) is 170 cm³/mol. The Bertz CT molecular complexity index is 1550. The second kappa shape index (κ2) is 14.8. The number of aryl methyl sites for hydroxylation is 1. The third-order valence-electron chi connectivity index (χ3n) is 6.73. The molecule has 0 saturated heterocycles. The highest BCUT2D eigenvalue weighted by atomic mass is 35.5. The number of benzene rings is 3. The van der Waals surface area contributed by atoms with E-state index in [2.05, 4.69) is 5.32 Å². The second-order valence-corrected chi connectivity index (χ2v) is 13.1. The van der Waals surface area contributed by atoms with E-state index in [0.717, 1.165) is 9.87 Å². The summed E-state index contributed by atoms with van der Waals surface area (Å²) in [7, 11) is -1.44. The van der Waals surface area contributed by atoms with Crippen LogP contribution in [0.1, 0.15) is 31.9 Å². The van der Waals surface area contributed by atoms with Crippen molar-refractivity contribution in [1.82, 2.24) is 10.2 Å². The molecule has 1 N–H and O–H groups in total. The van der Waals surface area contributed by atoms with E-state index in [-0.39, 0.29) is 34.7 Å². The number of carbonyl (C=O) groups excluding carboxylic acids is 2. The highest BCUT2D eigenvalue weighted by Gasteiger charge is 2.33. The zero-order chi connectivity index (χ0) is 31.9. The van der Waals surface area contributed by atoms with Crippen LogP contribution >= 0.6 is 23.2 Å². The number of nitrogens with zero attached hydrogens (tertiary/aromatic N) is 2. The van der Waals surface area contributed by atoms with E-state index in [4.69, 9.17) is 32.7 Å². The quantitative estimate of drug-likeness (QED) is 0.255. The average Bonchev–Trinajstić information content (AvgIpc) is 2.98. The summed E-state index contributed by atoms with van der Waals surface area (Å²) >= 11 is 12.3. The number of anilines is 1. The Morgan fingerprint density at radius 3 is 2.12 bits per heavy atom. The number of sulfonamides is 1. The van der Waals surface area contributed by atoms with Crippen LogP contribution in [-0.2, 0) is 26.2 Å². The van der Waals surface area contributed by atoms with E-state index >= 15 is 0 Å². The molecule has 1 unspecified atom stereocenters. The number of ether oxygens (including phenoxy) is 2. The molecular weight excluding hydrogens is 613 g/mol. The molecule has 3 aromatic carbocycles. The summed E-state index contributed by atoms with van der Waals surface area (Å²) < 4.78 is 39.8. The average molecular weight is 651 g/mol. The summed E-state index contributed by atoms with van der Waals surface area (Å²) in [6.45, 7) is 7.22. The first-order valence-electron chi connectivity index (χ1n) is 13.6. The SMILES string of the molecule is COc1ccc(S(=O)(=O)N(CC(=O)N(Cc2ccc(Cl)c(Cl)c2)C(C)C(=O)NCC(C)C)c2ccc(C)cc2)cc1OC. The van der Waals surface area contributed by atoms with Crippen molar-refractivity contribution < 1.29 is 27.5 Å². The topological polar surface area (TPSA) is 105 Å². The molecular formula is C31H37Cl2N3O6S. The normalized spacial score (nSPS) is 12.0. The minimum absolute atomic E-state index is 0.00979. The summed E-state index contributed by atoms with van der Waals surface area (Å²) in [6, 6.07) is 15.0. The molecule has 2 amide bonds. The zero-order valence-corrected chi connectivity index (χ0v) is 27.4. The molecule has 232 valence electrons. The fourth-order valence-electron chi connectivity index (χ4n) is 4.21. The molecule has 0 aliphatic heterocycles. The standard InChI is InChI=1S/C31H37Cl2N3O6S/c1-20(2)17-34-31(38)22(4)35(18-23-9-13-26(32)27(33)15-23)30(37)19-36(24-10-7-21(3)8-11-24)43(39,40)25-12-14-28(41-5)29(16-25)42-6/h7-16,20,22H,17-19H2,1-6H3,(H,34,38). The Kier molecular flexibility index (Phi) is 11.7. The number of halogens is 2. The van der Waals surface area contributed by atoms with Crippen molar-refractivity contribution in [2.45, 2.75) is 45.2 Å². The molecule has 43 heavy (non-hydrogen) atoms. The van der Waals surface area contributed by atoms with Crippen LogP contribution in [0.4, 0.5) is 5.69 Å². The lowest BCUT2D eigenvalue weighted by molar-refractivity contribution is -0.139. The molecule has 0 aromatic heterocycles. The first kappa shape index (κ1) is 34.0. The van der Waals surface area contributed by atoms with E-state index in [9.17, 15) is 18.0 Å². The molecule has 0 spiro atoms. The Labute approximate surface area is 263 Å². The van der Waals surface area contributed by atoms with Gasteiger partial charge < -0.3 is 19.7 Å². The summed E-state index contributed by atoms with van der Waals surface area (Å²) in [6.07, 6.45) is 0. The third kappa shape index (κ3) is 8.55. The van der Waals surface area contributed by atoms with Crippen LogP contribution in [0.2, 0.25) is 10.0 Å². The van der Waals surface area contributed by atoms with Gasteiger partial charge in [0.2, 0.25) is 11.8 Å². The first-order valence-corrected chi connectivity index (χ1v) is 15.8. The zero-order valence-electron chi connectivity index (χ0n) is 25.1. The monoisotopic (exact) mass is 649 g/mol. The van der Waals surface area contributed by atoms with Crippen LogP contribution in [0, 0.1) is 12.8 Å². The van der Waals surface area contributed by atoms with Crippen molar-refractivity contribution >= 4 is 50.7 Å². The third-order valence-corrected chi connectivity index (χ3v) is 9.24. The van der Waals surface area contributed by atoms with E-state index < -0.39 is 28.5 Å². The smallest absolute Gasteiger partial charge is 0.264 e. The number of methoxy groups -OCH3 is 2. The number of carbonyl (C=O) groups is 2. The highest BCUT2D eigenvalue weighted by Crippen LogP contribution is 2.32. The van der Waals surface area contributed by atoms with Crippen molar-refractivity contribution in [2.24, 2.45) is 5.92 Å². The van der Waals surface area contributed by atoms with Crippen LogP contribution in [0.15, 0.2) is 65.6 Å². The number of nitrogens with one attached hydrogen (secondary N) is 1. The molecule has 0 radical (unpaired) electrons. The van der Waals surface area contributed by atoms with Crippen LogP contribution in [0.5, 0.6) is 11.5 Å². The summed E-state index contributed by atoms with van der Waals surface area (Å²) in [5.41, 5.74) is 1.81. The largest absolute Gasteiger partial charge is 0.493 e. The summed E-state index contributed by atoms with van der Waals surface area (Å²) in [4.78, 5) is 28.4. The molecule has 0 saturated carbocycles. The van der Waals surface area contributed by atoms with E-state index in [1.807, 2.05) is 20.8 Å². The van der Waals surface area contributed by atoms with Gasteiger partial charge in [-0.25, -0.2) is 8.42 Å². The van der Waals surface area contributed by atoms with Crippen LogP contribution in [0.25, 0.3) is 0 Å². The summed E-state index contributed by atoms with van der Waals surface area (Å²) in [5, 5.41) is 3.49. The minimum atomic E-state index is -4.29. The van der Waals surface area contributed by atoms with E-state index in [1.54, 1.807) is 49.4 Å². The van der Waals surface area contributed by atoms with Crippen molar-refractivity contribution in [3.63, 3.8) is 0 Å². The highest BCUT2D eigenvalue weighted by molar-refractivity contribution is 7.92. The van der Waals surface area contributed by atoms with Crippen molar-refractivity contribution in [3.05, 3.63) is 81.8 Å². The number of amides is 2. The molecule has 0 bridgehead atoms. The van der Waals surface area contributed by atoms with Crippen LogP contribution in [0.3, 0.4) is 0 Å². The van der Waals surface area contributed by atoms with Gasteiger partial charge in [0.05, 0.1) is 34.8 Å². The molecule has 1 atom stereocenters. The van der Waals surface area contributed by atoms with Gasteiger partial charge in [0.1, 0.15) is 12.6 Å². The Morgan fingerprint density at radius 2 is 1.53 bits per heavy atom. The van der Waals surface area contributed by atoms with Gasteiger partial charge in [0, 0.05) is 19.2 Å². The lowest BCUT2D eigenvalue weighted by Gasteiger charge is -2.32. The molecule has 3 rings (SSSR count). The maximum atomic E-state index is 14.1. The molecule has 0 aliphatic rings. The number of hydrogen-bond acceptors (Lipinski definition) is 6. The Hall–Kier alpha value is -3.47. The van der Waals surface area contributed by atoms with Crippen molar-refractivity contribution in [1.29, 1.82) is 0 Å². The number of hydrogen-bond donors (Lipinski definition) is 1. The molecule has 12 heteroatoms. The van der Waals surface area contributed by atoms with E-state index in [0.29, 0.717) is 27.9 Å². The van der Waals surface area contributed by atoms with Gasteiger partial charge in [0.15, 0.2) is 11.5 Å². The van der Waals surface area contributed by atoms with Gasteiger partial charge >= 0.3 is 0 Å². The maximum absolute atomic E-state index is 14.1.